The number of halogens is 1. The number of rotatable bonds is 5. The molecule has 2 N–H and O–H groups in total. The minimum atomic E-state index is 0.146. The van der Waals surface area contributed by atoms with Crippen LogP contribution in [0.15, 0.2) is 6.33 Å². The van der Waals surface area contributed by atoms with Gasteiger partial charge in [0.25, 0.3) is 0 Å². The third-order valence-corrected chi connectivity index (χ3v) is 2.90. The normalized spacial score (nSPS) is 13.2. The van der Waals surface area contributed by atoms with Crippen molar-refractivity contribution in [2.24, 2.45) is 5.92 Å². The molecule has 1 unspecified atom stereocenters. The Morgan fingerprint density at radius 1 is 1.44 bits per heavy atom. The van der Waals surface area contributed by atoms with Crippen molar-refractivity contribution < 1.29 is 4.74 Å². The zero-order valence-corrected chi connectivity index (χ0v) is 11.3. The Kier molecular flexibility index (Phi) is 3.98. The second-order valence-electron chi connectivity index (χ2n) is 4.39. The number of ether oxygens (including phenoxy) is 1. The average Bonchev–Trinajstić information content (AvgIpc) is 2.76. The number of aromatic amines is 1. The van der Waals surface area contributed by atoms with Crippen LogP contribution in [0.25, 0.3) is 11.2 Å². The van der Waals surface area contributed by atoms with Crippen molar-refractivity contribution >= 4 is 28.6 Å². The summed E-state index contributed by atoms with van der Waals surface area (Å²) in [4.78, 5) is 15.3. The van der Waals surface area contributed by atoms with Crippen molar-refractivity contribution in [3.8, 4) is 0 Å². The van der Waals surface area contributed by atoms with E-state index >= 15 is 0 Å². The highest BCUT2D eigenvalue weighted by Gasteiger charge is 2.16. The van der Waals surface area contributed by atoms with E-state index in [1.54, 1.807) is 13.4 Å². The summed E-state index contributed by atoms with van der Waals surface area (Å²) in [6.45, 7) is 4.82. The topological polar surface area (TPSA) is 75.7 Å². The second kappa shape index (κ2) is 5.49. The fourth-order valence-electron chi connectivity index (χ4n) is 1.67. The number of methoxy groups -OCH3 is 1. The molecule has 7 heteroatoms. The SMILES string of the molecule is COCC(Nc1nc(Cl)nc2nc[nH]c12)C(C)C. The molecule has 0 aliphatic heterocycles. The molecule has 0 bridgehead atoms. The highest BCUT2D eigenvalue weighted by Crippen LogP contribution is 2.20. The van der Waals surface area contributed by atoms with Crippen LogP contribution in [0, 0.1) is 5.92 Å². The number of aromatic nitrogens is 4. The van der Waals surface area contributed by atoms with Gasteiger partial charge in [-0.3, -0.25) is 0 Å². The number of hydrogen-bond acceptors (Lipinski definition) is 5. The van der Waals surface area contributed by atoms with Gasteiger partial charge < -0.3 is 15.0 Å². The summed E-state index contributed by atoms with van der Waals surface area (Å²) in [7, 11) is 1.68. The van der Waals surface area contributed by atoms with E-state index in [-0.39, 0.29) is 11.3 Å². The summed E-state index contributed by atoms with van der Waals surface area (Å²) in [5.41, 5.74) is 1.30. The van der Waals surface area contributed by atoms with E-state index in [2.05, 4.69) is 39.1 Å². The van der Waals surface area contributed by atoms with Gasteiger partial charge in [0, 0.05) is 7.11 Å². The fourth-order valence-corrected chi connectivity index (χ4v) is 1.83. The number of nitrogens with one attached hydrogen (secondary N) is 2. The maximum atomic E-state index is 5.87. The quantitative estimate of drug-likeness (QED) is 0.813. The Balaban J connectivity index is 2.32. The minimum Gasteiger partial charge on any atom is -0.383 e. The molecule has 2 heterocycles. The van der Waals surface area contributed by atoms with Crippen LogP contribution in [0.4, 0.5) is 5.82 Å². The van der Waals surface area contributed by atoms with E-state index < -0.39 is 0 Å². The van der Waals surface area contributed by atoms with Crippen LogP contribution in [-0.2, 0) is 4.74 Å². The highest BCUT2D eigenvalue weighted by molar-refractivity contribution is 6.28. The fraction of sp³-hybridized carbons (Fsp3) is 0.545. The van der Waals surface area contributed by atoms with Gasteiger partial charge in [0.15, 0.2) is 11.5 Å². The van der Waals surface area contributed by atoms with Gasteiger partial charge in [0.05, 0.1) is 19.0 Å². The molecule has 18 heavy (non-hydrogen) atoms. The number of imidazole rings is 1. The van der Waals surface area contributed by atoms with Gasteiger partial charge in [0.1, 0.15) is 5.52 Å². The molecule has 0 saturated carbocycles. The maximum absolute atomic E-state index is 5.87. The van der Waals surface area contributed by atoms with Gasteiger partial charge in [-0.25, -0.2) is 4.98 Å². The molecular weight excluding hydrogens is 254 g/mol. The molecule has 0 saturated heterocycles. The minimum absolute atomic E-state index is 0.146. The van der Waals surface area contributed by atoms with Gasteiger partial charge in [-0.2, -0.15) is 9.97 Å². The van der Waals surface area contributed by atoms with Crippen LogP contribution >= 0.6 is 11.6 Å². The molecule has 0 radical (unpaired) electrons. The first-order chi connectivity index (χ1) is 8.61. The lowest BCUT2D eigenvalue weighted by atomic mass is 10.1. The van der Waals surface area contributed by atoms with Crippen molar-refractivity contribution in [1.29, 1.82) is 0 Å². The van der Waals surface area contributed by atoms with E-state index in [9.17, 15) is 0 Å². The maximum Gasteiger partial charge on any atom is 0.226 e. The van der Waals surface area contributed by atoms with Crippen molar-refractivity contribution in [2.75, 3.05) is 19.0 Å². The van der Waals surface area contributed by atoms with E-state index in [0.29, 0.717) is 24.0 Å². The van der Waals surface area contributed by atoms with E-state index in [0.717, 1.165) is 5.52 Å². The summed E-state index contributed by atoms with van der Waals surface area (Å²) in [5.74, 6) is 1.05. The zero-order valence-electron chi connectivity index (χ0n) is 10.6. The van der Waals surface area contributed by atoms with Crippen molar-refractivity contribution in [1.82, 2.24) is 19.9 Å². The Morgan fingerprint density at radius 3 is 2.89 bits per heavy atom. The van der Waals surface area contributed by atoms with Crippen LogP contribution in [0.1, 0.15) is 13.8 Å². The number of nitrogens with zero attached hydrogens (tertiary/aromatic N) is 3. The summed E-state index contributed by atoms with van der Waals surface area (Å²) < 4.78 is 5.20. The molecule has 6 nitrogen and oxygen atoms in total. The molecule has 0 aromatic carbocycles. The number of anilines is 1. The predicted octanol–water partition coefficient (Wildman–Crippen LogP) is 2.09. The number of H-pyrrole nitrogens is 1. The lowest BCUT2D eigenvalue weighted by Gasteiger charge is -2.22. The number of hydrogen-bond donors (Lipinski definition) is 2. The summed E-state index contributed by atoms with van der Waals surface area (Å²) in [6, 6.07) is 0.146. The van der Waals surface area contributed by atoms with Gasteiger partial charge in [-0.15, -0.1) is 0 Å². The van der Waals surface area contributed by atoms with Crippen molar-refractivity contribution in [3.05, 3.63) is 11.6 Å². The Morgan fingerprint density at radius 2 is 2.22 bits per heavy atom. The first-order valence-electron chi connectivity index (χ1n) is 5.74. The van der Waals surface area contributed by atoms with E-state index in [4.69, 9.17) is 16.3 Å². The van der Waals surface area contributed by atoms with Crippen molar-refractivity contribution in [2.45, 2.75) is 19.9 Å². The molecule has 2 rings (SSSR count). The molecular formula is C11H16ClN5O. The Hall–Kier alpha value is -1.40. The van der Waals surface area contributed by atoms with Crippen LogP contribution in [-0.4, -0.2) is 39.7 Å². The summed E-state index contributed by atoms with van der Waals surface area (Å²) in [5, 5.41) is 3.50. The monoisotopic (exact) mass is 269 g/mol. The molecule has 1 atom stereocenters. The Labute approximate surface area is 110 Å². The first kappa shape index (κ1) is 13.0. The molecule has 98 valence electrons. The van der Waals surface area contributed by atoms with Crippen LogP contribution < -0.4 is 5.32 Å². The predicted molar refractivity (Wildman–Crippen MR) is 70.8 cm³/mol. The first-order valence-corrected chi connectivity index (χ1v) is 6.11. The molecule has 0 spiro atoms. The third-order valence-electron chi connectivity index (χ3n) is 2.73. The van der Waals surface area contributed by atoms with E-state index in [1.807, 2.05) is 0 Å². The van der Waals surface area contributed by atoms with Gasteiger partial charge >= 0.3 is 0 Å². The summed E-state index contributed by atoms with van der Waals surface area (Å²) >= 11 is 5.87. The molecule has 2 aromatic heterocycles. The smallest absolute Gasteiger partial charge is 0.226 e. The lowest BCUT2D eigenvalue weighted by Crippen LogP contribution is -2.31. The van der Waals surface area contributed by atoms with Gasteiger partial charge in [-0.05, 0) is 17.5 Å². The van der Waals surface area contributed by atoms with Crippen molar-refractivity contribution in [3.63, 3.8) is 0 Å². The van der Waals surface area contributed by atoms with Crippen LogP contribution in [0.5, 0.6) is 0 Å². The second-order valence-corrected chi connectivity index (χ2v) is 4.73. The molecule has 0 aliphatic carbocycles. The van der Waals surface area contributed by atoms with Crippen LogP contribution in [0.2, 0.25) is 5.28 Å². The standard InChI is InChI=1S/C11H16ClN5O/c1-6(2)7(4-18-3)15-10-8-9(14-5-13-8)16-11(12)17-10/h5-7H,4H2,1-3H3,(H2,13,14,15,16,17). The highest BCUT2D eigenvalue weighted by atomic mass is 35.5. The average molecular weight is 270 g/mol. The molecule has 0 amide bonds. The molecule has 0 aliphatic rings. The van der Waals surface area contributed by atoms with E-state index in [1.165, 1.54) is 0 Å². The van der Waals surface area contributed by atoms with Gasteiger partial charge in [-0.1, -0.05) is 13.8 Å². The Bertz CT molecular complexity index is 527. The molecule has 0 fully saturated rings. The van der Waals surface area contributed by atoms with Gasteiger partial charge in [0.2, 0.25) is 5.28 Å². The lowest BCUT2D eigenvalue weighted by molar-refractivity contribution is 0.171. The van der Waals surface area contributed by atoms with Crippen LogP contribution in [0.3, 0.4) is 0 Å². The third kappa shape index (κ3) is 2.70. The largest absolute Gasteiger partial charge is 0.383 e. The summed E-state index contributed by atoms with van der Waals surface area (Å²) in [6.07, 6.45) is 1.57. The zero-order chi connectivity index (χ0) is 13.1. The number of fused-ring (bicyclic) bond motifs is 1. The molecule has 2 aromatic rings.